The van der Waals surface area contributed by atoms with Crippen LogP contribution in [0, 0.1) is 0 Å². The minimum absolute atomic E-state index is 0.153. The third-order valence-electron chi connectivity index (χ3n) is 6.67. The number of carboxylic acid groups (broad SMARTS) is 1. The molecule has 2 amide bonds. The van der Waals surface area contributed by atoms with Crippen LogP contribution in [0.5, 0.6) is 0 Å². The Kier molecular flexibility index (Phi) is 9.37. The van der Waals surface area contributed by atoms with Gasteiger partial charge >= 0.3 is 5.97 Å². The molecule has 13 heteroatoms. The van der Waals surface area contributed by atoms with E-state index in [1.807, 2.05) is 11.6 Å². The predicted molar refractivity (Wildman–Crippen MR) is 170 cm³/mol. The number of rotatable bonds is 9. The van der Waals surface area contributed by atoms with Crippen LogP contribution in [0.2, 0.25) is 5.02 Å². The number of benzene rings is 4. The second-order valence-electron chi connectivity index (χ2n) is 9.66. The van der Waals surface area contributed by atoms with Crippen LogP contribution in [0.1, 0.15) is 48.6 Å². The number of aromatic carboxylic acids is 1. The molecule has 0 spiro atoms. The lowest BCUT2D eigenvalue weighted by Gasteiger charge is -2.13. The molecule has 0 aliphatic heterocycles. The average Bonchev–Trinajstić information content (AvgIpc) is 3.42. The highest BCUT2D eigenvalue weighted by atomic mass is 35.5. The van der Waals surface area contributed by atoms with Crippen LogP contribution in [-0.4, -0.2) is 41.1 Å². The molecule has 228 valence electrons. The minimum Gasteiger partial charge on any atom is -0.478 e. The summed E-state index contributed by atoms with van der Waals surface area (Å²) >= 11 is 7.49. The average molecular weight is 661 g/mol. The lowest BCUT2D eigenvalue weighted by atomic mass is 10.0. The van der Waals surface area contributed by atoms with Gasteiger partial charge in [0.2, 0.25) is 4.80 Å². The molecular weight excluding hydrogens is 636 g/mol. The first kappa shape index (κ1) is 31.5. The van der Waals surface area contributed by atoms with Gasteiger partial charge in [-0.2, -0.15) is 10.1 Å². The Morgan fingerprint density at radius 2 is 1.51 bits per heavy atom. The Balaban J connectivity index is 1.41. The second kappa shape index (κ2) is 13.4. The van der Waals surface area contributed by atoms with Crippen LogP contribution >= 0.6 is 22.9 Å². The molecule has 2 N–H and O–H groups in total. The summed E-state index contributed by atoms with van der Waals surface area (Å²) in [6, 6.07) is 25.3. The Bertz CT molecular complexity index is 2100. The molecule has 0 fully saturated rings. The summed E-state index contributed by atoms with van der Waals surface area (Å²) in [5.74, 6) is -2.89. The van der Waals surface area contributed by atoms with Crippen LogP contribution < -0.4 is 9.52 Å². The molecular formula is C32H25ClN4O6S2. The number of aromatic nitrogens is 2. The normalized spacial score (nSPS) is 11.7. The topological polar surface area (TPSA) is 148 Å². The fraction of sp³-hybridized carbons (Fsp3) is 0.0938. The monoisotopic (exact) mass is 660 g/mol. The standard InChI is InChI=1S/C32H25ClN4O6S2/c1-2-28-35-37(32(44-28)34-29(38)25-12-5-7-13-26(25)33)19-20-15-17-21(18-16-20)22-9-6-8-14-27(22)45(42,43)36-30(39)23-10-3-4-11-24(23)31(40)41/h3-18H,2,19H2,1H3,(H,36,39)(H,40,41). The van der Waals surface area contributed by atoms with Crippen molar-refractivity contribution < 1.29 is 27.9 Å². The van der Waals surface area contributed by atoms with Gasteiger partial charge in [-0.25, -0.2) is 22.6 Å². The summed E-state index contributed by atoms with van der Waals surface area (Å²) < 4.78 is 30.3. The Morgan fingerprint density at radius 1 is 0.889 bits per heavy atom. The molecule has 0 aliphatic rings. The van der Waals surface area contributed by atoms with Gasteiger partial charge in [-0.1, -0.05) is 96.6 Å². The molecule has 45 heavy (non-hydrogen) atoms. The van der Waals surface area contributed by atoms with E-state index in [9.17, 15) is 27.9 Å². The number of amides is 2. The molecule has 0 atom stereocenters. The Labute approximate surface area is 267 Å². The Hall–Kier alpha value is -4.91. The number of hydrogen-bond donors (Lipinski definition) is 2. The van der Waals surface area contributed by atoms with E-state index in [2.05, 4.69) is 10.1 Å². The molecule has 1 heterocycles. The zero-order valence-electron chi connectivity index (χ0n) is 23.7. The van der Waals surface area contributed by atoms with Crippen LogP contribution in [0.4, 0.5) is 0 Å². The van der Waals surface area contributed by atoms with Crippen LogP contribution in [-0.2, 0) is 23.0 Å². The summed E-state index contributed by atoms with van der Waals surface area (Å²) in [5.41, 5.74) is 1.42. The van der Waals surface area contributed by atoms with Gasteiger partial charge in [-0.3, -0.25) is 9.59 Å². The molecule has 5 aromatic rings. The molecule has 0 saturated heterocycles. The maximum Gasteiger partial charge on any atom is 0.336 e. The summed E-state index contributed by atoms with van der Waals surface area (Å²) in [7, 11) is -4.39. The second-order valence-corrected chi connectivity index (χ2v) is 12.8. The van der Waals surface area contributed by atoms with E-state index in [-0.39, 0.29) is 21.6 Å². The fourth-order valence-electron chi connectivity index (χ4n) is 4.47. The van der Waals surface area contributed by atoms with E-state index >= 15 is 0 Å². The van der Waals surface area contributed by atoms with Gasteiger partial charge < -0.3 is 5.11 Å². The van der Waals surface area contributed by atoms with Gasteiger partial charge in [0.25, 0.3) is 21.8 Å². The highest BCUT2D eigenvalue weighted by molar-refractivity contribution is 7.90. The minimum atomic E-state index is -4.39. The molecule has 0 saturated carbocycles. The van der Waals surface area contributed by atoms with Gasteiger partial charge in [-0.15, -0.1) is 0 Å². The van der Waals surface area contributed by atoms with Crippen molar-refractivity contribution in [3.05, 3.63) is 134 Å². The summed E-state index contributed by atoms with van der Waals surface area (Å²) in [5, 5.41) is 15.1. The van der Waals surface area contributed by atoms with E-state index in [1.165, 1.54) is 47.7 Å². The van der Waals surface area contributed by atoms with Gasteiger partial charge in [0, 0.05) is 5.56 Å². The van der Waals surface area contributed by atoms with Crippen LogP contribution in [0.15, 0.2) is 107 Å². The van der Waals surface area contributed by atoms with Gasteiger partial charge in [0.1, 0.15) is 5.01 Å². The molecule has 0 unspecified atom stereocenters. The fourth-order valence-corrected chi connectivity index (χ4v) is 6.71. The third kappa shape index (κ3) is 7.09. The maximum atomic E-state index is 13.3. The van der Waals surface area contributed by atoms with Crippen molar-refractivity contribution in [3.63, 3.8) is 0 Å². The molecule has 10 nitrogen and oxygen atoms in total. The quantitative estimate of drug-likeness (QED) is 0.214. The number of hydrogen-bond acceptors (Lipinski definition) is 7. The van der Waals surface area contributed by atoms with Crippen LogP contribution in [0.25, 0.3) is 11.1 Å². The van der Waals surface area contributed by atoms with Crippen molar-refractivity contribution in [2.45, 2.75) is 24.8 Å². The predicted octanol–water partition coefficient (Wildman–Crippen LogP) is 5.43. The van der Waals surface area contributed by atoms with Crippen molar-refractivity contribution >= 4 is 50.7 Å². The number of carboxylic acids is 1. The molecule has 0 bridgehead atoms. The van der Waals surface area contributed by atoms with Crippen molar-refractivity contribution in [1.82, 2.24) is 14.5 Å². The van der Waals surface area contributed by atoms with E-state index in [0.29, 0.717) is 33.9 Å². The van der Waals surface area contributed by atoms with Gasteiger partial charge in [-0.05, 0) is 47.9 Å². The summed E-state index contributed by atoms with van der Waals surface area (Å²) in [6.45, 7) is 2.25. The third-order valence-corrected chi connectivity index (χ3v) is 9.48. The van der Waals surface area contributed by atoms with Crippen molar-refractivity contribution in [1.29, 1.82) is 0 Å². The van der Waals surface area contributed by atoms with Crippen molar-refractivity contribution in [2.75, 3.05) is 0 Å². The summed E-state index contributed by atoms with van der Waals surface area (Å²) in [4.78, 5) is 41.8. The van der Waals surface area contributed by atoms with Crippen molar-refractivity contribution in [3.8, 4) is 11.1 Å². The highest BCUT2D eigenvalue weighted by Crippen LogP contribution is 2.28. The smallest absolute Gasteiger partial charge is 0.336 e. The van der Waals surface area contributed by atoms with E-state index in [1.54, 1.807) is 65.3 Å². The van der Waals surface area contributed by atoms with E-state index < -0.39 is 27.8 Å². The largest absolute Gasteiger partial charge is 0.478 e. The lowest BCUT2D eigenvalue weighted by molar-refractivity contribution is 0.0691. The van der Waals surface area contributed by atoms with Crippen molar-refractivity contribution in [2.24, 2.45) is 4.99 Å². The number of nitrogens with zero attached hydrogens (tertiary/aromatic N) is 3. The zero-order valence-corrected chi connectivity index (χ0v) is 26.1. The number of aryl methyl sites for hydroxylation is 1. The number of carbonyl (C=O) groups excluding carboxylic acids is 2. The van der Waals surface area contributed by atoms with Gasteiger partial charge in [0.05, 0.1) is 33.2 Å². The maximum absolute atomic E-state index is 13.3. The summed E-state index contributed by atoms with van der Waals surface area (Å²) in [6.07, 6.45) is 0.656. The molecule has 5 rings (SSSR count). The first-order valence-electron chi connectivity index (χ1n) is 13.6. The molecule has 0 aliphatic carbocycles. The SMILES string of the molecule is CCc1nn(Cc2ccc(-c3ccccc3S(=O)(=O)NC(=O)c3ccccc3C(=O)O)cc2)c(=NC(=O)c2ccccc2Cl)s1. The number of nitrogens with one attached hydrogen (secondary N) is 1. The zero-order chi connectivity index (χ0) is 32.1. The van der Waals surface area contributed by atoms with E-state index in [4.69, 9.17) is 11.6 Å². The molecule has 0 radical (unpaired) electrons. The lowest BCUT2D eigenvalue weighted by Crippen LogP contribution is -2.32. The van der Waals surface area contributed by atoms with E-state index in [0.717, 1.165) is 10.6 Å². The number of halogens is 1. The Morgan fingerprint density at radius 3 is 2.18 bits per heavy atom. The van der Waals surface area contributed by atoms with Crippen LogP contribution in [0.3, 0.4) is 0 Å². The molecule has 4 aromatic carbocycles. The first-order chi connectivity index (χ1) is 21.6. The van der Waals surface area contributed by atoms with Gasteiger partial charge in [0.15, 0.2) is 0 Å². The highest BCUT2D eigenvalue weighted by Gasteiger charge is 2.25. The number of sulfonamides is 1. The first-order valence-corrected chi connectivity index (χ1v) is 16.2. The molecule has 1 aromatic heterocycles. The number of carbonyl (C=O) groups is 3.